The monoisotopic (exact) mass is 294 g/mol. The van der Waals surface area contributed by atoms with Crippen molar-refractivity contribution in [1.29, 1.82) is 5.26 Å². The van der Waals surface area contributed by atoms with Gasteiger partial charge in [-0.2, -0.15) is 5.26 Å². The third-order valence-corrected chi connectivity index (χ3v) is 3.74. The molecule has 0 heterocycles. The first kappa shape index (κ1) is 12.4. The number of anilines is 1. The lowest BCUT2D eigenvalue weighted by atomic mass is 9.90. The van der Waals surface area contributed by atoms with Crippen LogP contribution >= 0.6 is 15.9 Å². The van der Waals surface area contributed by atoms with Crippen molar-refractivity contribution in [1.82, 2.24) is 0 Å². The zero-order chi connectivity index (χ0) is 12.3. The van der Waals surface area contributed by atoms with Gasteiger partial charge < -0.3 is 10.0 Å². The van der Waals surface area contributed by atoms with Crippen LogP contribution in [0.5, 0.6) is 0 Å². The molecule has 0 saturated heterocycles. The van der Waals surface area contributed by atoms with Crippen LogP contribution in [-0.4, -0.2) is 24.3 Å². The van der Waals surface area contributed by atoms with Crippen molar-refractivity contribution >= 4 is 21.6 Å². The normalized spacial score (nSPS) is 15.1. The van der Waals surface area contributed by atoms with Crippen molar-refractivity contribution in [3.05, 3.63) is 28.2 Å². The Balaban J connectivity index is 2.31. The molecule has 0 atom stereocenters. The molecule has 0 amide bonds. The molecule has 1 N–H and O–H groups in total. The molecule has 0 aromatic heterocycles. The zero-order valence-electron chi connectivity index (χ0n) is 9.56. The third-order valence-electron chi connectivity index (χ3n) is 3.24. The number of nitrogens with zero attached hydrogens (tertiary/aromatic N) is 2. The van der Waals surface area contributed by atoms with Gasteiger partial charge in [0, 0.05) is 17.1 Å². The lowest BCUT2D eigenvalue weighted by Crippen LogP contribution is -2.42. The van der Waals surface area contributed by atoms with Gasteiger partial charge in [-0.25, -0.2) is 0 Å². The minimum atomic E-state index is 0.122. The summed E-state index contributed by atoms with van der Waals surface area (Å²) in [6.45, 7) is 0.721. The van der Waals surface area contributed by atoms with Crippen LogP contribution in [0.1, 0.15) is 24.8 Å². The van der Waals surface area contributed by atoms with Crippen molar-refractivity contribution in [2.75, 3.05) is 18.1 Å². The summed E-state index contributed by atoms with van der Waals surface area (Å²) in [5.74, 6) is 0. The molecule has 0 bridgehead atoms. The van der Waals surface area contributed by atoms with Gasteiger partial charge in [0.1, 0.15) is 6.07 Å². The fourth-order valence-corrected chi connectivity index (χ4v) is 2.52. The molecule has 0 radical (unpaired) electrons. The van der Waals surface area contributed by atoms with E-state index in [9.17, 15) is 5.26 Å². The molecule has 90 valence electrons. The molecule has 1 saturated carbocycles. The molecule has 17 heavy (non-hydrogen) atoms. The maximum Gasteiger partial charge on any atom is 0.101 e. The van der Waals surface area contributed by atoms with Crippen molar-refractivity contribution in [2.45, 2.75) is 25.3 Å². The molecule has 1 fully saturated rings. The molecule has 3 nitrogen and oxygen atoms in total. The second-order valence-corrected chi connectivity index (χ2v) is 5.19. The number of hydrogen-bond donors (Lipinski definition) is 1. The van der Waals surface area contributed by atoms with Crippen LogP contribution in [0.2, 0.25) is 0 Å². The van der Waals surface area contributed by atoms with E-state index in [0.29, 0.717) is 18.2 Å². The highest BCUT2D eigenvalue weighted by Gasteiger charge is 2.26. The number of benzene rings is 1. The van der Waals surface area contributed by atoms with Crippen LogP contribution in [0.15, 0.2) is 22.7 Å². The third kappa shape index (κ3) is 2.62. The number of halogens is 1. The van der Waals surface area contributed by atoms with Gasteiger partial charge in [-0.15, -0.1) is 0 Å². The van der Waals surface area contributed by atoms with E-state index in [0.717, 1.165) is 23.0 Å². The first-order valence-electron chi connectivity index (χ1n) is 5.83. The van der Waals surface area contributed by atoms with E-state index in [2.05, 4.69) is 26.9 Å². The summed E-state index contributed by atoms with van der Waals surface area (Å²) in [6.07, 6.45) is 3.55. The van der Waals surface area contributed by atoms with E-state index in [-0.39, 0.29) is 6.61 Å². The van der Waals surface area contributed by atoms with E-state index >= 15 is 0 Å². The standard InChI is InChI=1S/C13H15BrN2O/c14-11-4-5-13(10(8-11)9-15)16(6-7-17)12-2-1-3-12/h4-5,8,12,17H,1-3,6-7H2. The predicted octanol–water partition coefficient (Wildman–Crippen LogP) is 2.67. The van der Waals surface area contributed by atoms with Gasteiger partial charge in [0.25, 0.3) is 0 Å². The SMILES string of the molecule is N#Cc1cc(Br)ccc1N(CCO)C1CCC1. The predicted molar refractivity (Wildman–Crippen MR) is 70.9 cm³/mol. The van der Waals surface area contributed by atoms with Crippen LogP contribution in [0, 0.1) is 11.3 Å². The van der Waals surface area contributed by atoms with Gasteiger partial charge in [0.15, 0.2) is 0 Å². The number of aliphatic hydroxyl groups is 1. The molecule has 0 spiro atoms. The molecule has 2 rings (SSSR count). The average Bonchev–Trinajstić information content (AvgIpc) is 2.26. The van der Waals surface area contributed by atoms with E-state index in [4.69, 9.17) is 5.11 Å². The highest BCUT2D eigenvalue weighted by Crippen LogP contribution is 2.32. The Morgan fingerprint density at radius 2 is 2.24 bits per heavy atom. The molecule has 0 aliphatic heterocycles. The summed E-state index contributed by atoms with van der Waals surface area (Å²) in [7, 11) is 0. The molecule has 0 unspecified atom stereocenters. The van der Waals surface area contributed by atoms with Crippen LogP contribution in [0.25, 0.3) is 0 Å². The van der Waals surface area contributed by atoms with Gasteiger partial charge >= 0.3 is 0 Å². The highest BCUT2D eigenvalue weighted by atomic mass is 79.9. The molecule has 1 aromatic carbocycles. The Kier molecular flexibility index (Phi) is 4.03. The lowest BCUT2D eigenvalue weighted by Gasteiger charge is -2.39. The van der Waals surface area contributed by atoms with E-state index in [1.807, 2.05) is 18.2 Å². The van der Waals surface area contributed by atoms with Gasteiger partial charge in [-0.3, -0.25) is 0 Å². The Hall–Kier alpha value is -1.05. The van der Waals surface area contributed by atoms with Crippen molar-refractivity contribution < 1.29 is 5.11 Å². The average molecular weight is 295 g/mol. The van der Waals surface area contributed by atoms with Gasteiger partial charge in [-0.1, -0.05) is 15.9 Å². The van der Waals surface area contributed by atoms with Crippen LogP contribution in [0.3, 0.4) is 0 Å². The highest BCUT2D eigenvalue weighted by molar-refractivity contribution is 9.10. The minimum absolute atomic E-state index is 0.122. The van der Waals surface area contributed by atoms with Crippen molar-refractivity contribution in [3.8, 4) is 6.07 Å². The molecule has 1 aromatic rings. The maximum atomic E-state index is 9.17. The lowest BCUT2D eigenvalue weighted by molar-refractivity contribution is 0.283. The molecule has 1 aliphatic carbocycles. The van der Waals surface area contributed by atoms with E-state index < -0.39 is 0 Å². The van der Waals surface area contributed by atoms with Crippen LogP contribution in [0.4, 0.5) is 5.69 Å². The Morgan fingerprint density at radius 3 is 2.76 bits per heavy atom. The maximum absolute atomic E-state index is 9.17. The van der Waals surface area contributed by atoms with Gasteiger partial charge in [-0.05, 0) is 37.5 Å². The molecule has 1 aliphatic rings. The first-order chi connectivity index (χ1) is 8.26. The molecular formula is C13H15BrN2O. The zero-order valence-corrected chi connectivity index (χ0v) is 11.2. The number of nitriles is 1. The summed E-state index contributed by atoms with van der Waals surface area (Å²) >= 11 is 3.37. The minimum Gasteiger partial charge on any atom is -0.395 e. The number of rotatable bonds is 4. The second-order valence-electron chi connectivity index (χ2n) is 4.28. The fraction of sp³-hybridized carbons (Fsp3) is 0.462. The second kappa shape index (κ2) is 5.52. The van der Waals surface area contributed by atoms with Crippen LogP contribution in [-0.2, 0) is 0 Å². The fourth-order valence-electron chi connectivity index (χ4n) is 2.15. The Labute approximate surface area is 110 Å². The Morgan fingerprint density at radius 1 is 1.47 bits per heavy atom. The summed E-state index contributed by atoms with van der Waals surface area (Å²) in [6, 6.07) is 8.44. The number of hydrogen-bond acceptors (Lipinski definition) is 3. The summed E-state index contributed by atoms with van der Waals surface area (Å²) < 4.78 is 0.912. The largest absolute Gasteiger partial charge is 0.395 e. The van der Waals surface area contributed by atoms with Gasteiger partial charge in [0.2, 0.25) is 0 Å². The molecule has 4 heteroatoms. The van der Waals surface area contributed by atoms with Crippen LogP contribution < -0.4 is 4.90 Å². The van der Waals surface area contributed by atoms with Gasteiger partial charge in [0.05, 0.1) is 17.9 Å². The van der Waals surface area contributed by atoms with E-state index in [1.54, 1.807) is 0 Å². The molecular weight excluding hydrogens is 280 g/mol. The topological polar surface area (TPSA) is 47.3 Å². The van der Waals surface area contributed by atoms with Crippen molar-refractivity contribution in [3.63, 3.8) is 0 Å². The quantitative estimate of drug-likeness (QED) is 0.929. The smallest absolute Gasteiger partial charge is 0.101 e. The van der Waals surface area contributed by atoms with Crippen molar-refractivity contribution in [2.24, 2.45) is 0 Å². The summed E-state index contributed by atoms with van der Waals surface area (Å²) in [4.78, 5) is 2.16. The van der Waals surface area contributed by atoms with E-state index in [1.165, 1.54) is 6.42 Å². The number of aliphatic hydroxyl groups excluding tert-OH is 1. The summed E-state index contributed by atoms with van der Waals surface area (Å²) in [5.41, 5.74) is 1.61. The first-order valence-corrected chi connectivity index (χ1v) is 6.62. The Bertz CT molecular complexity index is 438. The summed E-state index contributed by atoms with van der Waals surface area (Å²) in [5, 5.41) is 18.3.